The number of aryl methyl sites for hydroxylation is 1. The molecule has 4 aromatic rings. The molecule has 3 heterocycles. The Morgan fingerprint density at radius 2 is 1.89 bits per heavy atom. The molecule has 2 aliphatic heterocycles. The van der Waals surface area contributed by atoms with E-state index in [-0.39, 0.29) is 46.3 Å². The van der Waals surface area contributed by atoms with Gasteiger partial charge < -0.3 is 20.3 Å². The van der Waals surface area contributed by atoms with Gasteiger partial charge >= 0.3 is 12.2 Å². The van der Waals surface area contributed by atoms with Crippen molar-refractivity contribution in [3.63, 3.8) is 0 Å². The molecule has 3 aromatic carbocycles. The van der Waals surface area contributed by atoms with Crippen LogP contribution in [0.4, 0.5) is 33.3 Å². The first kappa shape index (κ1) is 30.5. The van der Waals surface area contributed by atoms with Crippen LogP contribution in [0.1, 0.15) is 16.8 Å². The molecule has 0 amide bonds. The summed E-state index contributed by atoms with van der Waals surface area (Å²) in [7, 11) is 1.46. The lowest BCUT2D eigenvalue weighted by atomic mass is 9.96. The van der Waals surface area contributed by atoms with E-state index >= 15 is 4.39 Å². The molecule has 6 rings (SSSR count). The van der Waals surface area contributed by atoms with Crippen LogP contribution >= 0.6 is 11.8 Å². The van der Waals surface area contributed by atoms with Crippen molar-refractivity contribution in [2.24, 2.45) is 12.8 Å². The number of aliphatic hydroxyl groups is 1. The Morgan fingerprint density at radius 3 is 2.58 bits per heavy atom. The zero-order chi connectivity index (χ0) is 32.3. The summed E-state index contributed by atoms with van der Waals surface area (Å²) in [5.74, 6) is -4.84. The number of ether oxygens (including phenoxy) is 2. The number of halogens is 5. The summed E-state index contributed by atoms with van der Waals surface area (Å²) in [6.07, 6.45) is -1.00. The van der Waals surface area contributed by atoms with Gasteiger partial charge in [-0.25, -0.2) is 9.28 Å². The summed E-state index contributed by atoms with van der Waals surface area (Å²) in [4.78, 5) is 4.67. The number of nitrogens with one attached hydrogen (secondary N) is 1. The van der Waals surface area contributed by atoms with Crippen LogP contribution in [0.25, 0.3) is 28.1 Å². The molecular formula is C29H24F5N5O5S. The maximum Gasteiger partial charge on any atom is 0.586 e. The molecule has 2 aliphatic rings. The number of fused-ring (bicyclic) bond motifs is 4. The summed E-state index contributed by atoms with van der Waals surface area (Å²) in [6.45, 7) is -1.87. The van der Waals surface area contributed by atoms with Gasteiger partial charge in [-0.3, -0.25) is 20.4 Å². The average Bonchev–Trinajstić information content (AvgIpc) is 3.52. The predicted molar refractivity (Wildman–Crippen MR) is 155 cm³/mol. The second-order valence-corrected chi connectivity index (χ2v) is 10.9. The first-order valence-electron chi connectivity index (χ1n) is 13.1. The van der Waals surface area contributed by atoms with Gasteiger partial charge in [0.05, 0.1) is 17.1 Å². The van der Waals surface area contributed by atoms with Crippen molar-refractivity contribution in [1.29, 1.82) is 0 Å². The molecule has 0 aliphatic carbocycles. The van der Waals surface area contributed by atoms with E-state index in [0.29, 0.717) is 27.3 Å². The van der Waals surface area contributed by atoms with Crippen molar-refractivity contribution in [3.8, 4) is 33.9 Å². The third-order valence-corrected chi connectivity index (χ3v) is 8.13. The van der Waals surface area contributed by atoms with Crippen LogP contribution in [-0.4, -0.2) is 39.3 Å². The van der Waals surface area contributed by atoms with Gasteiger partial charge in [0.2, 0.25) is 0 Å². The van der Waals surface area contributed by atoms with Gasteiger partial charge in [0, 0.05) is 34.8 Å². The second kappa shape index (κ2) is 11.1. The number of hydrazine groups is 1. The Morgan fingerprint density at radius 1 is 1.13 bits per heavy atom. The lowest BCUT2D eigenvalue weighted by molar-refractivity contribution is -0.286. The number of thioether (sulfide) groups is 1. The van der Waals surface area contributed by atoms with E-state index in [9.17, 15) is 22.7 Å². The fourth-order valence-electron chi connectivity index (χ4n) is 5.30. The van der Waals surface area contributed by atoms with Crippen molar-refractivity contribution in [3.05, 3.63) is 77.4 Å². The normalized spacial score (nSPS) is 15.1. The van der Waals surface area contributed by atoms with Crippen LogP contribution in [0.2, 0.25) is 0 Å². The van der Waals surface area contributed by atoms with Crippen LogP contribution in [0, 0.1) is 5.82 Å². The van der Waals surface area contributed by atoms with Gasteiger partial charge in [-0.1, -0.05) is 6.07 Å². The molecule has 0 saturated heterocycles. The lowest BCUT2D eigenvalue weighted by Crippen LogP contribution is -2.33. The van der Waals surface area contributed by atoms with Crippen molar-refractivity contribution in [2.45, 2.75) is 23.7 Å². The lowest BCUT2D eigenvalue weighted by Gasteiger charge is -2.35. The molecule has 1 aromatic heterocycles. The molecule has 0 saturated carbocycles. The molecule has 0 bridgehead atoms. The van der Waals surface area contributed by atoms with Gasteiger partial charge in [-0.2, -0.15) is 13.9 Å². The van der Waals surface area contributed by atoms with Gasteiger partial charge in [-0.05, 0) is 59.8 Å². The van der Waals surface area contributed by atoms with Gasteiger partial charge in [0.15, 0.2) is 17.2 Å². The maximum absolute atomic E-state index is 15.1. The highest BCUT2D eigenvalue weighted by molar-refractivity contribution is 7.98. The van der Waals surface area contributed by atoms with Gasteiger partial charge in [0.1, 0.15) is 24.7 Å². The summed E-state index contributed by atoms with van der Waals surface area (Å²) < 4.78 is 82.8. The molecule has 0 spiro atoms. The first-order chi connectivity index (χ1) is 21.4. The van der Waals surface area contributed by atoms with E-state index in [1.807, 2.05) is 0 Å². The van der Waals surface area contributed by atoms with E-state index in [1.165, 1.54) is 52.8 Å². The van der Waals surface area contributed by atoms with E-state index in [4.69, 9.17) is 11.0 Å². The van der Waals surface area contributed by atoms with Crippen LogP contribution in [0.3, 0.4) is 0 Å². The third-order valence-electron chi connectivity index (χ3n) is 7.32. The number of rotatable bonds is 8. The first-order valence-corrected chi connectivity index (χ1v) is 14.4. The van der Waals surface area contributed by atoms with E-state index in [1.54, 1.807) is 30.5 Å². The minimum absolute atomic E-state index is 0.132. The summed E-state index contributed by atoms with van der Waals surface area (Å²) in [6, 6.07) is 11.9. The summed E-state index contributed by atoms with van der Waals surface area (Å²) in [5, 5.41) is 23.7. The number of aliphatic hydroxyl groups excluding tert-OH is 1. The summed E-state index contributed by atoms with van der Waals surface area (Å²) >= 11 is 1.24. The molecule has 16 heteroatoms. The highest BCUT2D eigenvalue weighted by atomic mass is 32.2. The topological polar surface area (TPSA) is 127 Å². The van der Waals surface area contributed by atoms with Gasteiger partial charge in [0.25, 0.3) is 0 Å². The second-order valence-electron chi connectivity index (χ2n) is 10.0. The number of aromatic nitrogens is 2. The number of hydrogen-bond acceptors (Lipinski definition) is 10. The minimum Gasteiger partial charge on any atom is -0.403 e. The predicted octanol–water partition coefficient (Wildman–Crippen LogP) is 6.11. The molecule has 0 radical (unpaired) electrons. The van der Waals surface area contributed by atoms with E-state index in [2.05, 4.69) is 24.9 Å². The maximum atomic E-state index is 15.1. The van der Waals surface area contributed by atoms with Crippen LogP contribution in [0.15, 0.2) is 59.6 Å². The number of benzene rings is 3. The Bertz CT molecular complexity index is 1850. The fourth-order valence-corrected chi connectivity index (χ4v) is 5.95. The van der Waals surface area contributed by atoms with Crippen LogP contribution in [0.5, 0.6) is 11.5 Å². The van der Waals surface area contributed by atoms with Gasteiger partial charge in [-0.15, -0.1) is 20.5 Å². The number of nitrogens with zero attached hydrogens (tertiary/aromatic N) is 3. The molecule has 5 N–H and O–H groups in total. The minimum atomic E-state index is -3.88. The highest BCUT2D eigenvalue weighted by Gasteiger charge is 2.44. The fraction of sp³-hybridized carbons (Fsp3) is 0.207. The zero-order valence-electron chi connectivity index (χ0n) is 23.4. The Hall–Kier alpha value is -4.51. The van der Waals surface area contributed by atoms with E-state index in [0.717, 1.165) is 6.20 Å². The van der Waals surface area contributed by atoms with Crippen molar-refractivity contribution < 1.29 is 46.7 Å². The number of alkyl halides is 4. The van der Waals surface area contributed by atoms with Crippen molar-refractivity contribution >= 4 is 28.8 Å². The van der Waals surface area contributed by atoms with Crippen LogP contribution in [-0.2, 0) is 24.5 Å². The molecule has 236 valence electrons. The summed E-state index contributed by atoms with van der Waals surface area (Å²) in [5.41, 5.74) is 10.6. The third kappa shape index (κ3) is 5.18. The largest absolute Gasteiger partial charge is 0.586 e. The number of anilines is 2. The molecule has 0 fully saturated rings. The monoisotopic (exact) mass is 649 g/mol. The zero-order valence-corrected chi connectivity index (χ0v) is 24.3. The molecule has 10 nitrogen and oxygen atoms in total. The van der Waals surface area contributed by atoms with Crippen molar-refractivity contribution in [1.82, 2.24) is 9.78 Å². The SMILES string of the molecule is CSc1cc(-c2ccc3c(c2)N(/C(=C\N)c2ccc4c(c2)OC(F)(F)O4)Nc2c(C(F)(F)CO)nn(C)c2-3)cc(F)c1COO. The average molecular weight is 650 g/mol. The molecular weight excluding hydrogens is 625 g/mol. The Balaban J connectivity index is 1.54. The highest BCUT2D eigenvalue weighted by Crippen LogP contribution is 2.50. The number of nitrogens with two attached hydrogens (primary N) is 1. The van der Waals surface area contributed by atoms with Crippen LogP contribution < -0.4 is 25.6 Å². The molecule has 0 unspecified atom stereocenters. The quantitative estimate of drug-likeness (QED) is 0.0768. The Labute approximate surface area is 256 Å². The Kier molecular flexibility index (Phi) is 7.55. The number of hydrogen-bond donors (Lipinski definition) is 4. The van der Waals surface area contributed by atoms with Crippen molar-refractivity contribution in [2.75, 3.05) is 23.3 Å². The molecule has 0 atom stereocenters. The standard InChI is InChI=1S/C29H24F5N5O5S/c1-38-26-17-5-3-14(16-7-19(30)18(12-42-41)24(10-16)45-2)8-20(17)39(36-25(26)27(37-38)28(31,32)13-40)21(11-35)15-4-6-22-23(9-15)44-29(33,34)43-22/h3-11,36,40-41H,12-13,35H2,1-2H3/b21-11-. The van der Waals surface area contributed by atoms with E-state index < -0.39 is 30.3 Å². The molecule has 45 heavy (non-hydrogen) atoms. The smallest absolute Gasteiger partial charge is 0.403 e.